The molecule has 0 saturated carbocycles. The van der Waals surface area contributed by atoms with E-state index in [2.05, 4.69) is 10.4 Å². The molecule has 1 N–H and O–H groups in total. The van der Waals surface area contributed by atoms with Gasteiger partial charge in [-0.1, -0.05) is 25.1 Å². The van der Waals surface area contributed by atoms with Crippen molar-refractivity contribution in [2.45, 2.75) is 19.4 Å². The number of hydrogen-bond acceptors (Lipinski definition) is 3. The molecule has 0 spiro atoms. The Morgan fingerprint density at radius 1 is 1.47 bits per heavy atom. The van der Waals surface area contributed by atoms with Crippen molar-refractivity contribution >= 4 is 16.8 Å². The second kappa shape index (κ2) is 6.33. The van der Waals surface area contributed by atoms with E-state index in [0.717, 1.165) is 10.9 Å². The third kappa shape index (κ3) is 2.93. The lowest BCUT2D eigenvalue weighted by Crippen LogP contribution is -2.34. The molecular weight excluding hydrogens is 242 g/mol. The summed E-state index contributed by atoms with van der Waals surface area (Å²) in [5.41, 5.74) is 0.983. The number of fused-ring (bicyclic) bond motifs is 1. The summed E-state index contributed by atoms with van der Waals surface area (Å²) in [7, 11) is 1.62. The van der Waals surface area contributed by atoms with Crippen LogP contribution in [0.15, 0.2) is 30.5 Å². The number of para-hydroxylation sites is 1. The predicted molar refractivity (Wildman–Crippen MR) is 73.9 cm³/mol. The standard InChI is InChI=1S/C14H19N3O2/c1-3-12(14(18)15-8-9-19-2)17-13-7-5-4-6-11(13)10-16-17/h4-7,10,12H,3,8-9H2,1-2H3,(H,15,18). The molecule has 1 atom stereocenters. The van der Waals surface area contributed by atoms with Crippen LogP contribution in [-0.2, 0) is 9.53 Å². The van der Waals surface area contributed by atoms with Crippen molar-refractivity contribution in [3.8, 4) is 0 Å². The van der Waals surface area contributed by atoms with Crippen molar-refractivity contribution in [2.75, 3.05) is 20.3 Å². The highest BCUT2D eigenvalue weighted by Gasteiger charge is 2.20. The molecule has 0 aliphatic rings. The fourth-order valence-corrected chi connectivity index (χ4v) is 2.10. The van der Waals surface area contributed by atoms with Crippen LogP contribution in [0.2, 0.25) is 0 Å². The number of ether oxygens (including phenoxy) is 1. The lowest BCUT2D eigenvalue weighted by Gasteiger charge is -2.16. The van der Waals surface area contributed by atoms with Crippen LogP contribution in [0, 0.1) is 0 Å². The first-order valence-corrected chi connectivity index (χ1v) is 6.46. The fourth-order valence-electron chi connectivity index (χ4n) is 2.10. The van der Waals surface area contributed by atoms with Crippen molar-refractivity contribution in [2.24, 2.45) is 0 Å². The zero-order valence-electron chi connectivity index (χ0n) is 11.3. The van der Waals surface area contributed by atoms with Gasteiger partial charge in [0.25, 0.3) is 0 Å². The lowest BCUT2D eigenvalue weighted by molar-refractivity contribution is -0.124. The first-order valence-electron chi connectivity index (χ1n) is 6.46. The van der Waals surface area contributed by atoms with Crippen LogP contribution in [0.25, 0.3) is 10.9 Å². The van der Waals surface area contributed by atoms with E-state index in [1.807, 2.05) is 31.2 Å². The summed E-state index contributed by atoms with van der Waals surface area (Å²) < 4.78 is 6.72. The molecule has 1 aromatic carbocycles. The molecule has 1 amide bonds. The van der Waals surface area contributed by atoms with Gasteiger partial charge in [0.15, 0.2) is 0 Å². The maximum atomic E-state index is 12.2. The highest BCUT2D eigenvalue weighted by Crippen LogP contribution is 2.19. The Hall–Kier alpha value is -1.88. The number of carbonyl (C=O) groups is 1. The van der Waals surface area contributed by atoms with E-state index in [4.69, 9.17) is 4.74 Å². The molecule has 0 aliphatic heterocycles. The van der Waals surface area contributed by atoms with Crippen LogP contribution in [-0.4, -0.2) is 35.9 Å². The Kier molecular flexibility index (Phi) is 4.52. The Balaban J connectivity index is 2.19. The van der Waals surface area contributed by atoms with Gasteiger partial charge < -0.3 is 10.1 Å². The van der Waals surface area contributed by atoms with Crippen LogP contribution in [0.1, 0.15) is 19.4 Å². The van der Waals surface area contributed by atoms with Crippen molar-refractivity contribution in [3.63, 3.8) is 0 Å². The van der Waals surface area contributed by atoms with Gasteiger partial charge in [0, 0.05) is 19.0 Å². The summed E-state index contributed by atoms with van der Waals surface area (Å²) in [6.07, 6.45) is 2.49. The molecule has 2 aromatic rings. The Morgan fingerprint density at radius 3 is 3.00 bits per heavy atom. The minimum Gasteiger partial charge on any atom is -0.383 e. The highest BCUT2D eigenvalue weighted by molar-refractivity contribution is 5.84. The number of amides is 1. The zero-order valence-corrected chi connectivity index (χ0v) is 11.3. The number of carbonyl (C=O) groups excluding carboxylic acids is 1. The SMILES string of the molecule is CCC(C(=O)NCCOC)n1ncc2ccccc21. The second-order valence-corrected chi connectivity index (χ2v) is 4.36. The molecule has 1 aromatic heterocycles. The van der Waals surface area contributed by atoms with E-state index in [-0.39, 0.29) is 11.9 Å². The van der Waals surface area contributed by atoms with Crippen molar-refractivity contribution in [1.29, 1.82) is 0 Å². The summed E-state index contributed by atoms with van der Waals surface area (Å²) in [5.74, 6) is -0.0200. The van der Waals surface area contributed by atoms with Gasteiger partial charge in [-0.3, -0.25) is 9.48 Å². The fraction of sp³-hybridized carbons (Fsp3) is 0.429. The second-order valence-electron chi connectivity index (χ2n) is 4.36. The third-order valence-electron chi connectivity index (χ3n) is 3.09. The number of hydrogen-bond donors (Lipinski definition) is 1. The van der Waals surface area contributed by atoms with Gasteiger partial charge >= 0.3 is 0 Å². The molecule has 0 saturated heterocycles. The maximum Gasteiger partial charge on any atom is 0.244 e. The Morgan fingerprint density at radius 2 is 2.26 bits per heavy atom. The van der Waals surface area contributed by atoms with Gasteiger partial charge in [0.2, 0.25) is 5.91 Å². The van der Waals surface area contributed by atoms with Crippen molar-refractivity contribution < 1.29 is 9.53 Å². The van der Waals surface area contributed by atoms with Crippen LogP contribution in [0.5, 0.6) is 0 Å². The minimum absolute atomic E-state index is 0.0200. The lowest BCUT2D eigenvalue weighted by atomic mass is 10.2. The summed E-state index contributed by atoms with van der Waals surface area (Å²) in [5, 5.41) is 8.25. The van der Waals surface area contributed by atoms with E-state index in [1.165, 1.54) is 0 Å². The smallest absolute Gasteiger partial charge is 0.244 e. The molecule has 2 rings (SSSR count). The van der Waals surface area contributed by atoms with Gasteiger partial charge in [-0.25, -0.2) is 0 Å². The van der Waals surface area contributed by atoms with E-state index >= 15 is 0 Å². The number of aromatic nitrogens is 2. The quantitative estimate of drug-likeness (QED) is 0.806. The molecule has 0 fully saturated rings. The van der Waals surface area contributed by atoms with Crippen LogP contribution in [0.3, 0.4) is 0 Å². The molecule has 5 heteroatoms. The van der Waals surface area contributed by atoms with Gasteiger partial charge in [-0.05, 0) is 12.5 Å². The maximum absolute atomic E-state index is 12.2. The zero-order chi connectivity index (χ0) is 13.7. The largest absolute Gasteiger partial charge is 0.383 e. The van der Waals surface area contributed by atoms with Gasteiger partial charge in [0.1, 0.15) is 6.04 Å². The van der Waals surface area contributed by atoms with E-state index in [0.29, 0.717) is 19.6 Å². The normalized spacial score (nSPS) is 12.5. The Labute approximate surface area is 112 Å². The number of benzene rings is 1. The average Bonchev–Trinajstić information content (AvgIpc) is 2.84. The van der Waals surface area contributed by atoms with Crippen molar-refractivity contribution in [1.82, 2.24) is 15.1 Å². The summed E-state index contributed by atoms with van der Waals surface area (Å²) in [6.45, 7) is 3.02. The first-order chi connectivity index (χ1) is 9.27. The first kappa shape index (κ1) is 13.5. The van der Waals surface area contributed by atoms with Crippen LogP contribution >= 0.6 is 0 Å². The van der Waals surface area contributed by atoms with Gasteiger partial charge in [-0.15, -0.1) is 0 Å². The third-order valence-corrected chi connectivity index (χ3v) is 3.09. The minimum atomic E-state index is -0.281. The Bertz CT molecular complexity index is 550. The predicted octanol–water partition coefficient (Wildman–Crippen LogP) is 1.75. The average molecular weight is 261 g/mol. The topological polar surface area (TPSA) is 56.1 Å². The molecular formula is C14H19N3O2. The molecule has 1 heterocycles. The molecule has 0 aliphatic carbocycles. The molecule has 102 valence electrons. The number of nitrogens with one attached hydrogen (secondary N) is 1. The van der Waals surface area contributed by atoms with Crippen molar-refractivity contribution in [3.05, 3.63) is 30.5 Å². The van der Waals surface area contributed by atoms with Gasteiger partial charge in [0.05, 0.1) is 18.3 Å². The number of rotatable bonds is 6. The molecule has 1 unspecified atom stereocenters. The molecule has 5 nitrogen and oxygen atoms in total. The monoisotopic (exact) mass is 261 g/mol. The number of nitrogens with zero attached hydrogens (tertiary/aromatic N) is 2. The highest BCUT2D eigenvalue weighted by atomic mass is 16.5. The molecule has 0 radical (unpaired) electrons. The summed E-state index contributed by atoms with van der Waals surface area (Å²) in [4.78, 5) is 12.2. The molecule has 0 bridgehead atoms. The van der Waals surface area contributed by atoms with Crippen LogP contribution in [0.4, 0.5) is 0 Å². The number of methoxy groups -OCH3 is 1. The van der Waals surface area contributed by atoms with E-state index in [9.17, 15) is 4.79 Å². The summed E-state index contributed by atoms with van der Waals surface area (Å²) >= 11 is 0. The van der Waals surface area contributed by atoms with E-state index < -0.39 is 0 Å². The van der Waals surface area contributed by atoms with Crippen LogP contribution < -0.4 is 5.32 Å². The summed E-state index contributed by atoms with van der Waals surface area (Å²) in [6, 6.07) is 7.61. The molecule has 19 heavy (non-hydrogen) atoms. The van der Waals surface area contributed by atoms with E-state index in [1.54, 1.807) is 18.0 Å². The van der Waals surface area contributed by atoms with Gasteiger partial charge in [-0.2, -0.15) is 5.10 Å².